The second kappa shape index (κ2) is 2.19. The number of hydrogen-bond acceptors (Lipinski definition) is 1. The molecule has 0 spiro atoms. The van der Waals surface area contributed by atoms with Gasteiger partial charge < -0.3 is 5.32 Å². The maximum absolute atomic E-state index is 7.25. The van der Waals surface area contributed by atoms with Crippen molar-refractivity contribution in [2.45, 2.75) is 19.2 Å². The maximum Gasteiger partial charge on any atom is 0.0267 e. The first-order chi connectivity index (χ1) is 3.71. The summed E-state index contributed by atoms with van der Waals surface area (Å²) < 4.78 is 14.5. The molecule has 0 atom stereocenters. The minimum Gasteiger partial charge on any atom is -0.317 e. The minimum absolute atomic E-state index is 0.674. The molecule has 0 radical (unpaired) electrons. The summed E-state index contributed by atoms with van der Waals surface area (Å²) >= 11 is 0. The molecule has 0 unspecified atom stereocenters. The van der Waals surface area contributed by atoms with Crippen molar-refractivity contribution in [1.82, 2.24) is 5.32 Å². The quantitative estimate of drug-likeness (QED) is 0.460. The van der Waals surface area contributed by atoms with Crippen molar-refractivity contribution < 1.29 is 2.74 Å². The lowest BCUT2D eigenvalue weighted by molar-refractivity contribution is 0.520. The lowest BCUT2D eigenvalue weighted by Gasteiger charge is -2.08. The van der Waals surface area contributed by atoms with Crippen LogP contribution in [0.5, 0.6) is 0 Å². The van der Waals surface area contributed by atoms with Crippen molar-refractivity contribution in [2.24, 2.45) is 0 Å². The fourth-order valence-corrected chi connectivity index (χ4v) is 0.604. The molecule has 0 amide bonds. The Kier molecular flexibility index (Phi) is 0.845. The van der Waals surface area contributed by atoms with Crippen molar-refractivity contribution in [1.29, 1.82) is 0 Å². The number of nitrogens with one attached hydrogen (secondary N) is 1. The molecule has 1 rings (SSSR count). The predicted molar refractivity (Wildman–Crippen MR) is 26.7 cm³/mol. The zero-order valence-electron chi connectivity index (χ0n) is 5.83. The molecule has 0 aromatic rings. The highest BCUT2D eigenvalue weighted by Crippen LogP contribution is 1.96. The number of rotatable bonds is 0. The first-order valence-electron chi connectivity index (χ1n) is 3.41. The molecule has 1 heteroatoms. The number of hydrogen-bond donors (Lipinski definition) is 1. The number of piperidine rings is 1. The van der Waals surface area contributed by atoms with Gasteiger partial charge in [-0.1, -0.05) is 6.37 Å². The fourth-order valence-electron chi connectivity index (χ4n) is 0.604. The monoisotopic (exact) mass is 87.1 g/mol. The van der Waals surface area contributed by atoms with Crippen LogP contribution < -0.4 is 5.32 Å². The first-order valence-corrected chi connectivity index (χ1v) is 2.41. The van der Waals surface area contributed by atoms with E-state index in [0.29, 0.717) is 12.8 Å². The van der Waals surface area contributed by atoms with Gasteiger partial charge in [0.2, 0.25) is 0 Å². The molecule has 1 aliphatic rings. The lowest BCUT2D eigenvalue weighted by atomic mass is 10.2. The van der Waals surface area contributed by atoms with Gasteiger partial charge in [-0.3, -0.25) is 0 Å². The van der Waals surface area contributed by atoms with E-state index in [2.05, 4.69) is 5.32 Å². The van der Waals surface area contributed by atoms with E-state index in [1.807, 2.05) is 0 Å². The van der Waals surface area contributed by atoms with Gasteiger partial charge in [-0.25, -0.2) is 0 Å². The Morgan fingerprint density at radius 2 is 2.00 bits per heavy atom. The Labute approximate surface area is 41.6 Å². The van der Waals surface area contributed by atoms with Crippen LogP contribution in [0.1, 0.15) is 22.0 Å². The maximum atomic E-state index is 7.25. The summed E-state index contributed by atoms with van der Waals surface area (Å²) in [7, 11) is 0. The molecule has 0 aromatic heterocycles. The summed E-state index contributed by atoms with van der Waals surface area (Å²) in [4.78, 5) is 0. The van der Waals surface area contributed by atoms with Gasteiger partial charge in [-0.2, -0.15) is 0 Å². The second-order valence-electron chi connectivity index (χ2n) is 1.50. The van der Waals surface area contributed by atoms with Crippen molar-refractivity contribution in [3.8, 4) is 0 Å². The molecule has 1 heterocycles. The normalized spacial score (nSPS) is 37.3. The van der Waals surface area contributed by atoms with E-state index < -0.39 is 6.37 Å². The molecular formula is C5H11N. The average Bonchev–Trinajstić information content (AvgIpc) is 1.65. The molecule has 1 aliphatic heterocycles. The van der Waals surface area contributed by atoms with Crippen LogP contribution in [0, 0.1) is 0 Å². The highest BCUT2D eigenvalue weighted by atomic mass is 14.9. The van der Waals surface area contributed by atoms with Crippen LogP contribution in [0.25, 0.3) is 0 Å². The fraction of sp³-hybridized carbons (Fsp3) is 1.00. The lowest BCUT2D eigenvalue weighted by Crippen LogP contribution is -2.21. The second-order valence-corrected chi connectivity index (χ2v) is 1.50. The third kappa shape index (κ3) is 0.977. The van der Waals surface area contributed by atoms with E-state index in [-0.39, 0.29) is 0 Å². The molecule has 1 N–H and O–H groups in total. The minimum atomic E-state index is -0.884. The molecule has 0 bridgehead atoms. The smallest absolute Gasteiger partial charge is 0.0267 e. The summed E-state index contributed by atoms with van der Waals surface area (Å²) in [6, 6.07) is 0. The van der Waals surface area contributed by atoms with Gasteiger partial charge in [0, 0.05) is 2.74 Å². The zero-order chi connectivity index (χ0) is 6.04. The van der Waals surface area contributed by atoms with E-state index in [1.54, 1.807) is 0 Å². The molecule has 0 aromatic carbocycles. The molecule has 1 fully saturated rings. The molecular weight excluding hydrogens is 74.1 g/mol. The predicted octanol–water partition coefficient (Wildman–Crippen LogP) is 0.760. The van der Waals surface area contributed by atoms with Gasteiger partial charge in [0.15, 0.2) is 0 Å². The van der Waals surface area contributed by atoms with Crippen LogP contribution in [-0.2, 0) is 0 Å². The molecule has 0 aliphatic carbocycles. The van der Waals surface area contributed by atoms with Crippen LogP contribution in [0.4, 0.5) is 0 Å². The summed E-state index contributed by atoms with van der Waals surface area (Å²) in [6.45, 7) is 1.68. The van der Waals surface area contributed by atoms with Crippen LogP contribution in [-0.4, -0.2) is 13.1 Å². The van der Waals surface area contributed by atoms with E-state index >= 15 is 0 Å². The largest absolute Gasteiger partial charge is 0.317 e. The van der Waals surface area contributed by atoms with Gasteiger partial charge in [0.1, 0.15) is 0 Å². The van der Waals surface area contributed by atoms with Crippen molar-refractivity contribution >= 4 is 0 Å². The molecule has 0 saturated carbocycles. The van der Waals surface area contributed by atoms with Crippen LogP contribution in [0.2, 0.25) is 0 Å². The average molecular weight is 87.2 g/mol. The summed E-state index contributed by atoms with van der Waals surface area (Å²) in [5.74, 6) is 0. The summed E-state index contributed by atoms with van der Waals surface area (Å²) in [6.07, 6.45) is 0.464. The summed E-state index contributed by atoms with van der Waals surface area (Å²) in [5.41, 5.74) is 0. The van der Waals surface area contributed by atoms with Gasteiger partial charge >= 0.3 is 0 Å². The van der Waals surface area contributed by atoms with Crippen LogP contribution in [0.3, 0.4) is 0 Å². The molecule has 1 nitrogen and oxygen atoms in total. The van der Waals surface area contributed by atoms with Gasteiger partial charge in [0.05, 0.1) is 0 Å². The molecule has 36 valence electrons. The topological polar surface area (TPSA) is 12.0 Å². The Balaban J connectivity index is 2.33. The molecule has 1 saturated heterocycles. The third-order valence-electron chi connectivity index (χ3n) is 0.957. The highest BCUT2D eigenvalue weighted by Gasteiger charge is 1.93. The van der Waals surface area contributed by atoms with Crippen molar-refractivity contribution in [3.05, 3.63) is 0 Å². The van der Waals surface area contributed by atoms with E-state index in [9.17, 15) is 0 Å². The Morgan fingerprint density at radius 3 is 2.33 bits per heavy atom. The van der Waals surface area contributed by atoms with E-state index in [1.165, 1.54) is 0 Å². The van der Waals surface area contributed by atoms with E-state index in [4.69, 9.17) is 2.74 Å². The van der Waals surface area contributed by atoms with Crippen LogP contribution in [0.15, 0.2) is 0 Å². The SMILES string of the molecule is [2H]C1([2H])CCNCC1. The molecule has 6 heavy (non-hydrogen) atoms. The van der Waals surface area contributed by atoms with Gasteiger partial charge in [-0.15, -0.1) is 0 Å². The van der Waals surface area contributed by atoms with Crippen molar-refractivity contribution in [2.75, 3.05) is 13.1 Å². The Hall–Kier alpha value is -0.0400. The zero-order valence-corrected chi connectivity index (χ0v) is 3.83. The third-order valence-corrected chi connectivity index (χ3v) is 0.957. The Morgan fingerprint density at radius 1 is 1.33 bits per heavy atom. The van der Waals surface area contributed by atoms with Crippen LogP contribution >= 0.6 is 0 Å². The standard InChI is InChI=1S/C5H11N/c1-2-4-6-5-3-1/h6H,1-5H2/i1D2. The highest BCUT2D eigenvalue weighted by molar-refractivity contribution is 4.55. The first kappa shape index (κ1) is 2.31. The van der Waals surface area contributed by atoms with Gasteiger partial charge in [0.25, 0.3) is 0 Å². The van der Waals surface area contributed by atoms with E-state index in [0.717, 1.165) is 13.1 Å². The van der Waals surface area contributed by atoms with Gasteiger partial charge in [-0.05, 0) is 25.9 Å². The summed E-state index contributed by atoms with van der Waals surface area (Å²) in [5, 5.41) is 3.10. The Bertz CT molecular complexity index is 74.5. The van der Waals surface area contributed by atoms with Crippen molar-refractivity contribution in [3.63, 3.8) is 0 Å².